The van der Waals surface area contributed by atoms with Gasteiger partial charge in [-0.1, -0.05) is 18.2 Å². The minimum atomic E-state index is -0.713. The first-order chi connectivity index (χ1) is 10.2. The number of methoxy groups -OCH3 is 1. The molecule has 0 amide bonds. The zero-order chi connectivity index (χ0) is 14.7. The molecule has 0 spiro atoms. The van der Waals surface area contributed by atoms with Gasteiger partial charge < -0.3 is 14.6 Å². The quantitative estimate of drug-likeness (QED) is 0.815. The minimum absolute atomic E-state index is 0.523. The molecule has 0 bridgehead atoms. The average molecular weight is 290 g/mol. The highest BCUT2D eigenvalue weighted by Gasteiger charge is 2.42. The fourth-order valence-corrected chi connectivity index (χ4v) is 3.72. The molecule has 0 aromatic heterocycles. The van der Waals surface area contributed by atoms with Crippen LogP contribution in [-0.2, 0) is 10.3 Å². The molecule has 1 aromatic rings. The molecule has 0 aliphatic heterocycles. The predicted octanol–water partition coefficient (Wildman–Crippen LogP) is 3.50. The third-order valence-electron chi connectivity index (χ3n) is 4.99. The first-order valence-electron chi connectivity index (χ1n) is 8.16. The molecule has 21 heavy (non-hydrogen) atoms. The molecular weight excluding hydrogens is 264 g/mol. The summed E-state index contributed by atoms with van der Waals surface area (Å²) in [7, 11) is 1.67. The number of rotatable bonds is 6. The van der Waals surface area contributed by atoms with E-state index in [1.165, 1.54) is 19.3 Å². The van der Waals surface area contributed by atoms with Gasteiger partial charge in [-0.3, -0.25) is 0 Å². The first kappa shape index (κ1) is 14.9. The summed E-state index contributed by atoms with van der Waals surface area (Å²) in [4.78, 5) is 0. The van der Waals surface area contributed by atoms with Gasteiger partial charge in [-0.2, -0.15) is 0 Å². The van der Waals surface area contributed by atoms with E-state index >= 15 is 0 Å². The second kappa shape index (κ2) is 6.37. The SMILES string of the molecule is COCCOc1ccccc1C1(O)CCCC(C2CC2)C1. The Kier molecular flexibility index (Phi) is 4.51. The number of benzene rings is 1. The molecule has 2 saturated carbocycles. The largest absolute Gasteiger partial charge is 0.491 e. The predicted molar refractivity (Wildman–Crippen MR) is 82.4 cm³/mol. The lowest BCUT2D eigenvalue weighted by Crippen LogP contribution is -2.34. The Bertz CT molecular complexity index is 469. The van der Waals surface area contributed by atoms with Gasteiger partial charge in [0.25, 0.3) is 0 Å². The van der Waals surface area contributed by atoms with Gasteiger partial charge in [-0.15, -0.1) is 0 Å². The molecule has 0 saturated heterocycles. The maximum absolute atomic E-state index is 11.2. The standard InChI is InChI=1S/C18H26O3/c1-20-11-12-21-17-7-3-2-6-16(17)18(19)10-4-5-15(13-18)14-8-9-14/h2-3,6-7,14-15,19H,4-5,8-13H2,1H3. The lowest BCUT2D eigenvalue weighted by atomic mass is 9.72. The summed E-state index contributed by atoms with van der Waals surface area (Å²) in [5, 5.41) is 11.2. The topological polar surface area (TPSA) is 38.7 Å². The van der Waals surface area contributed by atoms with Crippen molar-refractivity contribution in [2.45, 2.75) is 44.1 Å². The maximum Gasteiger partial charge on any atom is 0.125 e. The van der Waals surface area contributed by atoms with Crippen LogP contribution in [0.2, 0.25) is 0 Å². The van der Waals surface area contributed by atoms with E-state index in [-0.39, 0.29) is 0 Å². The van der Waals surface area contributed by atoms with Gasteiger partial charge in [-0.25, -0.2) is 0 Å². The third kappa shape index (κ3) is 3.41. The summed E-state index contributed by atoms with van der Waals surface area (Å²) in [6.45, 7) is 1.09. The van der Waals surface area contributed by atoms with Crippen molar-refractivity contribution in [1.29, 1.82) is 0 Å². The van der Waals surface area contributed by atoms with Crippen molar-refractivity contribution in [1.82, 2.24) is 0 Å². The monoisotopic (exact) mass is 290 g/mol. The molecule has 116 valence electrons. The van der Waals surface area contributed by atoms with E-state index in [2.05, 4.69) is 0 Å². The number of para-hydroxylation sites is 1. The minimum Gasteiger partial charge on any atom is -0.491 e. The van der Waals surface area contributed by atoms with E-state index < -0.39 is 5.60 Å². The van der Waals surface area contributed by atoms with E-state index in [4.69, 9.17) is 9.47 Å². The van der Waals surface area contributed by atoms with E-state index in [0.29, 0.717) is 19.1 Å². The number of ether oxygens (including phenoxy) is 2. The van der Waals surface area contributed by atoms with Gasteiger partial charge in [0.2, 0.25) is 0 Å². The molecule has 2 unspecified atom stereocenters. The summed E-state index contributed by atoms with van der Waals surface area (Å²) in [5.74, 6) is 2.36. The summed E-state index contributed by atoms with van der Waals surface area (Å²) in [5.41, 5.74) is 0.251. The van der Waals surface area contributed by atoms with Gasteiger partial charge in [0, 0.05) is 12.7 Å². The summed E-state index contributed by atoms with van der Waals surface area (Å²) >= 11 is 0. The zero-order valence-corrected chi connectivity index (χ0v) is 12.9. The fourth-order valence-electron chi connectivity index (χ4n) is 3.72. The lowest BCUT2D eigenvalue weighted by Gasteiger charge is -2.38. The second-order valence-corrected chi connectivity index (χ2v) is 6.56. The van der Waals surface area contributed by atoms with Crippen LogP contribution in [0, 0.1) is 11.8 Å². The number of hydrogen-bond acceptors (Lipinski definition) is 3. The summed E-state index contributed by atoms with van der Waals surface area (Å²) < 4.78 is 10.9. The van der Waals surface area contributed by atoms with Crippen LogP contribution in [0.5, 0.6) is 5.75 Å². The van der Waals surface area contributed by atoms with Crippen LogP contribution < -0.4 is 4.74 Å². The highest BCUT2D eigenvalue weighted by Crippen LogP contribution is 2.50. The van der Waals surface area contributed by atoms with Crippen molar-refractivity contribution in [3.8, 4) is 5.75 Å². The van der Waals surface area contributed by atoms with Gasteiger partial charge >= 0.3 is 0 Å². The molecule has 1 aromatic carbocycles. The number of hydrogen-bond donors (Lipinski definition) is 1. The van der Waals surface area contributed by atoms with Crippen LogP contribution >= 0.6 is 0 Å². The highest BCUT2D eigenvalue weighted by molar-refractivity contribution is 5.38. The summed E-state index contributed by atoms with van der Waals surface area (Å²) in [6.07, 6.45) is 6.84. The van der Waals surface area contributed by atoms with Crippen molar-refractivity contribution in [2.24, 2.45) is 11.8 Å². The Morgan fingerprint density at radius 2 is 1.95 bits per heavy atom. The summed E-state index contributed by atoms with van der Waals surface area (Å²) in [6, 6.07) is 7.95. The second-order valence-electron chi connectivity index (χ2n) is 6.56. The number of aliphatic hydroxyl groups is 1. The van der Waals surface area contributed by atoms with Crippen molar-refractivity contribution in [3.05, 3.63) is 29.8 Å². The highest BCUT2D eigenvalue weighted by atomic mass is 16.5. The molecule has 2 aliphatic carbocycles. The van der Waals surface area contributed by atoms with Crippen LogP contribution in [-0.4, -0.2) is 25.4 Å². The molecular formula is C18H26O3. The molecule has 3 rings (SSSR count). The Balaban J connectivity index is 1.77. The van der Waals surface area contributed by atoms with Crippen LogP contribution in [0.25, 0.3) is 0 Å². The van der Waals surface area contributed by atoms with Crippen LogP contribution in [0.4, 0.5) is 0 Å². The molecule has 3 nitrogen and oxygen atoms in total. The Labute approximate surface area is 127 Å². The van der Waals surface area contributed by atoms with Crippen molar-refractivity contribution in [2.75, 3.05) is 20.3 Å². The fraction of sp³-hybridized carbons (Fsp3) is 0.667. The molecule has 0 radical (unpaired) electrons. The average Bonchev–Trinajstić information content (AvgIpc) is 3.33. The van der Waals surface area contributed by atoms with Crippen LogP contribution in [0.3, 0.4) is 0 Å². The van der Waals surface area contributed by atoms with Crippen molar-refractivity contribution < 1.29 is 14.6 Å². The smallest absolute Gasteiger partial charge is 0.125 e. The zero-order valence-electron chi connectivity index (χ0n) is 12.9. The molecule has 2 aliphatic rings. The molecule has 2 atom stereocenters. The van der Waals surface area contributed by atoms with E-state index in [0.717, 1.165) is 36.5 Å². The Morgan fingerprint density at radius 3 is 2.71 bits per heavy atom. The molecule has 1 N–H and O–H groups in total. The van der Waals surface area contributed by atoms with E-state index in [9.17, 15) is 5.11 Å². The Morgan fingerprint density at radius 1 is 1.14 bits per heavy atom. The van der Waals surface area contributed by atoms with Gasteiger partial charge in [-0.05, 0) is 56.4 Å². The van der Waals surface area contributed by atoms with Gasteiger partial charge in [0.1, 0.15) is 12.4 Å². The van der Waals surface area contributed by atoms with E-state index in [1.807, 2.05) is 24.3 Å². The molecule has 0 heterocycles. The third-order valence-corrected chi connectivity index (χ3v) is 4.99. The van der Waals surface area contributed by atoms with Crippen LogP contribution in [0.1, 0.15) is 44.1 Å². The van der Waals surface area contributed by atoms with Gasteiger partial charge in [0.15, 0.2) is 0 Å². The Hall–Kier alpha value is -1.06. The maximum atomic E-state index is 11.2. The molecule has 2 fully saturated rings. The van der Waals surface area contributed by atoms with E-state index in [1.54, 1.807) is 7.11 Å². The first-order valence-corrected chi connectivity index (χ1v) is 8.16. The van der Waals surface area contributed by atoms with Crippen molar-refractivity contribution in [3.63, 3.8) is 0 Å². The van der Waals surface area contributed by atoms with Crippen LogP contribution in [0.15, 0.2) is 24.3 Å². The lowest BCUT2D eigenvalue weighted by molar-refractivity contribution is -0.0274. The van der Waals surface area contributed by atoms with Gasteiger partial charge in [0.05, 0.1) is 12.2 Å². The normalized spacial score (nSPS) is 29.3. The van der Waals surface area contributed by atoms with Crippen molar-refractivity contribution >= 4 is 0 Å². The molecule has 3 heteroatoms.